The molecule has 0 saturated carbocycles. The van der Waals surface area contributed by atoms with Crippen molar-refractivity contribution in [3.8, 4) is 17.2 Å². The second-order valence-corrected chi connectivity index (χ2v) is 6.84. The molecule has 30 heavy (non-hydrogen) atoms. The summed E-state index contributed by atoms with van der Waals surface area (Å²) in [6, 6.07) is 6.87. The normalized spacial score (nSPS) is 15.2. The Bertz CT molecular complexity index is 1020. The minimum Gasteiger partial charge on any atom is -0.493 e. The quantitative estimate of drug-likeness (QED) is 0.320. The summed E-state index contributed by atoms with van der Waals surface area (Å²) in [5.74, 6) is 0.396. The number of ether oxygens (including phenoxy) is 3. The lowest BCUT2D eigenvalue weighted by atomic mass is 9.87. The van der Waals surface area contributed by atoms with Gasteiger partial charge in [0.1, 0.15) is 5.75 Å². The number of nitrogens with zero attached hydrogens (tertiary/aromatic N) is 2. The van der Waals surface area contributed by atoms with Crippen LogP contribution >= 0.6 is 0 Å². The number of carbonyl (C=O) groups excluding carboxylic acids is 2. The summed E-state index contributed by atoms with van der Waals surface area (Å²) in [6.45, 7) is 3.07. The number of esters is 1. The second kappa shape index (κ2) is 8.40. The fraction of sp³-hybridized carbons (Fsp3) is 0.333. The smallest absolute Gasteiger partial charge is 0.308 e. The molecule has 0 spiro atoms. The zero-order chi connectivity index (χ0) is 22.0. The Labute approximate surface area is 173 Å². The van der Waals surface area contributed by atoms with Crippen LogP contribution in [-0.2, 0) is 16.0 Å². The lowest BCUT2D eigenvalue weighted by molar-refractivity contribution is -0.385. The van der Waals surface area contributed by atoms with Crippen LogP contribution in [0.25, 0.3) is 0 Å². The molecular formula is C21H22N2O7. The van der Waals surface area contributed by atoms with Crippen molar-refractivity contribution in [3.63, 3.8) is 0 Å². The third kappa shape index (κ3) is 3.91. The molecule has 1 heterocycles. The minimum absolute atomic E-state index is 0.159. The molecule has 1 atom stereocenters. The summed E-state index contributed by atoms with van der Waals surface area (Å²) in [5.41, 5.74) is 1.82. The Balaban J connectivity index is 2.29. The molecule has 0 fully saturated rings. The number of nitro benzene ring substituents is 1. The fourth-order valence-electron chi connectivity index (χ4n) is 3.73. The van der Waals surface area contributed by atoms with Crippen molar-refractivity contribution in [3.05, 3.63) is 57.1 Å². The molecule has 0 bridgehead atoms. The van der Waals surface area contributed by atoms with Gasteiger partial charge in [0.25, 0.3) is 5.69 Å². The number of hydrogen-bond donors (Lipinski definition) is 0. The molecule has 158 valence electrons. The van der Waals surface area contributed by atoms with Gasteiger partial charge >= 0.3 is 5.97 Å². The van der Waals surface area contributed by atoms with E-state index in [2.05, 4.69) is 0 Å². The Hall–Kier alpha value is -3.62. The maximum Gasteiger partial charge on any atom is 0.308 e. The van der Waals surface area contributed by atoms with Crippen LogP contribution in [0.4, 0.5) is 5.69 Å². The zero-order valence-corrected chi connectivity index (χ0v) is 17.1. The van der Waals surface area contributed by atoms with Crippen molar-refractivity contribution < 1.29 is 28.7 Å². The molecule has 1 aliphatic heterocycles. The number of hydrogen-bond acceptors (Lipinski definition) is 7. The zero-order valence-electron chi connectivity index (χ0n) is 17.1. The second-order valence-electron chi connectivity index (χ2n) is 6.84. The summed E-state index contributed by atoms with van der Waals surface area (Å²) in [5, 5.41) is 11.4. The predicted molar refractivity (Wildman–Crippen MR) is 107 cm³/mol. The molecule has 1 aliphatic rings. The van der Waals surface area contributed by atoms with Gasteiger partial charge in [0, 0.05) is 38.1 Å². The summed E-state index contributed by atoms with van der Waals surface area (Å²) in [7, 11) is 3.04. The Morgan fingerprint density at radius 1 is 1.03 bits per heavy atom. The van der Waals surface area contributed by atoms with Gasteiger partial charge in [0.2, 0.25) is 5.91 Å². The largest absolute Gasteiger partial charge is 0.493 e. The van der Waals surface area contributed by atoms with Gasteiger partial charge in [-0.05, 0) is 35.7 Å². The topological polar surface area (TPSA) is 108 Å². The first-order valence-electron chi connectivity index (χ1n) is 9.25. The van der Waals surface area contributed by atoms with E-state index in [9.17, 15) is 19.7 Å². The van der Waals surface area contributed by atoms with Gasteiger partial charge in [0.05, 0.1) is 25.2 Å². The summed E-state index contributed by atoms with van der Waals surface area (Å²) in [4.78, 5) is 36.6. The Morgan fingerprint density at radius 2 is 1.70 bits per heavy atom. The first-order valence-corrected chi connectivity index (χ1v) is 9.25. The lowest BCUT2D eigenvalue weighted by Gasteiger charge is -2.38. The van der Waals surface area contributed by atoms with Crippen molar-refractivity contribution in [1.82, 2.24) is 4.90 Å². The first kappa shape index (κ1) is 21.1. The predicted octanol–water partition coefficient (Wildman–Crippen LogP) is 3.03. The molecule has 0 saturated heterocycles. The highest BCUT2D eigenvalue weighted by atomic mass is 16.6. The summed E-state index contributed by atoms with van der Waals surface area (Å²) in [6.07, 6.45) is 0.573. The SMILES string of the molecule is COc1cc2c(cc1OC)[C@@H](c1cc([N+](=O)[O-])ccc1OC(C)=O)N(C(C)=O)CC2. The number of methoxy groups -OCH3 is 2. The van der Waals surface area contributed by atoms with Crippen LogP contribution in [0.3, 0.4) is 0 Å². The van der Waals surface area contributed by atoms with Gasteiger partial charge < -0.3 is 19.1 Å². The number of non-ortho nitro benzene ring substituents is 1. The van der Waals surface area contributed by atoms with Crippen LogP contribution in [0.1, 0.15) is 36.6 Å². The molecule has 9 heteroatoms. The molecule has 0 N–H and O–H groups in total. The molecule has 0 aromatic heterocycles. The van der Waals surface area contributed by atoms with E-state index in [0.29, 0.717) is 30.0 Å². The number of carbonyl (C=O) groups is 2. The van der Waals surface area contributed by atoms with Crippen molar-refractivity contribution >= 4 is 17.6 Å². The number of amides is 1. The van der Waals surface area contributed by atoms with Crippen LogP contribution < -0.4 is 14.2 Å². The molecule has 1 amide bonds. The highest BCUT2D eigenvalue weighted by Crippen LogP contribution is 2.44. The average Bonchev–Trinajstić information content (AvgIpc) is 2.71. The molecule has 0 unspecified atom stereocenters. The molecule has 2 aromatic carbocycles. The third-order valence-corrected chi connectivity index (χ3v) is 5.03. The van der Waals surface area contributed by atoms with Crippen LogP contribution in [0.15, 0.2) is 30.3 Å². The van der Waals surface area contributed by atoms with E-state index in [1.807, 2.05) is 6.07 Å². The third-order valence-electron chi connectivity index (χ3n) is 5.03. The fourth-order valence-corrected chi connectivity index (χ4v) is 3.73. The van der Waals surface area contributed by atoms with E-state index in [1.54, 1.807) is 11.0 Å². The Morgan fingerprint density at radius 3 is 2.27 bits per heavy atom. The number of benzene rings is 2. The molecule has 9 nitrogen and oxygen atoms in total. The van der Waals surface area contributed by atoms with Crippen LogP contribution in [-0.4, -0.2) is 42.5 Å². The highest BCUT2D eigenvalue weighted by molar-refractivity contribution is 5.76. The van der Waals surface area contributed by atoms with Crippen molar-refractivity contribution in [2.75, 3.05) is 20.8 Å². The van der Waals surface area contributed by atoms with Gasteiger partial charge in [-0.1, -0.05) is 0 Å². The monoisotopic (exact) mass is 414 g/mol. The molecular weight excluding hydrogens is 392 g/mol. The lowest BCUT2D eigenvalue weighted by Crippen LogP contribution is -2.39. The van der Waals surface area contributed by atoms with Gasteiger partial charge in [0.15, 0.2) is 11.5 Å². The first-order chi connectivity index (χ1) is 14.3. The van der Waals surface area contributed by atoms with E-state index in [0.717, 1.165) is 11.1 Å². The maximum atomic E-state index is 12.5. The van der Waals surface area contributed by atoms with Crippen molar-refractivity contribution in [1.29, 1.82) is 0 Å². The Kier molecular flexibility index (Phi) is 5.91. The average molecular weight is 414 g/mol. The highest BCUT2D eigenvalue weighted by Gasteiger charge is 2.35. The van der Waals surface area contributed by atoms with E-state index >= 15 is 0 Å². The van der Waals surface area contributed by atoms with Crippen LogP contribution in [0.5, 0.6) is 17.2 Å². The molecule has 0 aliphatic carbocycles. The van der Waals surface area contributed by atoms with Gasteiger partial charge in [-0.25, -0.2) is 0 Å². The van der Waals surface area contributed by atoms with E-state index < -0.39 is 16.9 Å². The van der Waals surface area contributed by atoms with Crippen LogP contribution in [0.2, 0.25) is 0 Å². The van der Waals surface area contributed by atoms with Gasteiger partial charge in [-0.15, -0.1) is 0 Å². The van der Waals surface area contributed by atoms with Gasteiger partial charge in [-0.2, -0.15) is 0 Å². The number of rotatable bonds is 5. The molecule has 3 rings (SSSR count). The number of nitro groups is 1. The minimum atomic E-state index is -0.694. The van der Waals surface area contributed by atoms with E-state index in [-0.39, 0.29) is 17.3 Å². The standard InChI is InChI=1S/C21H22N2O7/c1-12(24)22-8-7-14-9-19(28-3)20(29-4)11-16(14)21(22)17-10-15(23(26)27)5-6-18(17)30-13(2)25/h5-6,9-11,21H,7-8H2,1-4H3/t21-/m0/s1. The van der Waals surface area contributed by atoms with Crippen molar-refractivity contribution in [2.45, 2.75) is 26.3 Å². The number of fused-ring (bicyclic) bond motifs is 1. The van der Waals surface area contributed by atoms with E-state index in [4.69, 9.17) is 14.2 Å². The maximum absolute atomic E-state index is 12.5. The van der Waals surface area contributed by atoms with Crippen molar-refractivity contribution in [2.24, 2.45) is 0 Å². The van der Waals surface area contributed by atoms with Gasteiger partial charge in [-0.3, -0.25) is 19.7 Å². The molecule has 2 aromatic rings. The molecule has 0 radical (unpaired) electrons. The van der Waals surface area contributed by atoms with Crippen LogP contribution in [0, 0.1) is 10.1 Å². The van der Waals surface area contributed by atoms with E-state index in [1.165, 1.54) is 46.3 Å². The summed E-state index contributed by atoms with van der Waals surface area (Å²) >= 11 is 0. The summed E-state index contributed by atoms with van der Waals surface area (Å²) < 4.78 is 16.1.